The van der Waals surface area contributed by atoms with Crippen LogP contribution in [-0.4, -0.2) is 61.7 Å². The number of rotatable bonds is 6. The Balaban J connectivity index is 1.63. The third-order valence-electron chi connectivity index (χ3n) is 4.72. The molecule has 3 unspecified atom stereocenters. The summed E-state index contributed by atoms with van der Waals surface area (Å²) in [6.45, 7) is 5.10. The maximum Gasteiger partial charge on any atom is 0.0900 e. The fraction of sp³-hybridized carbons (Fsp3) is 1.00. The molecule has 1 aliphatic carbocycles. The highest BCUT2D eigenvalue weighted by atomic mass is 16.5. The summed E-state index contributed by atoms with van der Waals surface area (Å²) in [6.07, 6.45) is 7.05. The Morgan fingerprint density at radius 1 is 1.25 bits per heavy atom. The van der Waals surface area contributed by atoms with Crippen molar-refractivity contribution in [2.24, 2.45) is 5.92 Å². The zero-order valence-electron chi connectivity index (χ0n) is 13.1. The van der Waals surface area contributed by atoms with Crippen molar-refractivity contribution in [3.05, 3.63) is 0 Å². The summed E-state index contributed by atoms with van der Waals surface area (Å²) in [5.74, 6) is 0.826. The molecule has 2 fully saturated rings. The summed E-state index contributed by atoms with van der Waals surface area (Å²) in [5.41, 5.74) is 0. The monoisotopic (exact) mass is 285 g/mol. The van der Waals surface area contributed by atoms with Gasteiger partial charge in [-0.25, -0.2) is 0 Å². The summed E-state index contributed by atoms with van der Waals surface area (Å²) in [6, 6.07) is 0.636. The van der Waals surface area contributed by atoms with Crippen molar-refractivity contribution >= 4 is 0 Å². The molecule has 1 aliphatic heterocycles. The van der Waals surface area contributed by atoms with Crippen LogP contribution in [0.5, 0.6) is 0 Å². The van der Waals surface area contributed by atoms with Gasteiger partial charge in [-0.3, -0.25) is 0 Å². The van der Waals surface area contributed by atoms with E-state index in [1.54, 1.807) is 0 Å². The molecule has 0 amide bonds. The Labute approximate surface area is 123 Å². The molecule has 1 heterocycles. The Morgan fingerprint density at radius 2 is 2.00 bits per heavy atom. The molecule has 118 valence electrons. The van der Waals surface area contributed by atoms with Gasteiger partial charge in [0, 0.05) is 25.8 Å². The highest BCUT2D eigenvalue weighted by molar-refractivity contribution is 4.78. The summed E-state index contributed by atoms with van der Waals surface area (Å²) in [5, 5.41) is 10.1. The van der Waals surface area contributed by atoms with Crippen LogP contribution in [0.25, 0.3) is 0 Å². The Kier molecular flexibility index (Phi) is 6.75. The average molecular weight is 285 g/mol. The van der Waals surface area contributed by atoms with Crippen LogP contribution in [0.4, 0.5) is 0 Å². The maximum absolute atomic E-state index is 10.1. The van der Waals surface area contributed by atoms with Crippen LogP contribution >= 0.6 is 0 Å². The standard InChI is InChI=1S/C16H31NO3/c1-13-4-3-5-14(10-13)17(2)11-15(18)12-20-16-6-8-19-9-7-16/h13-16,18H,3-12H2,1-2H3. The molecule has 0 bridgehead atoms. The molecule has 0 radical (unpaired) electrons. The van der Waals surface area contributed by atoms with E-state index in [1.807, 2.05) is 0 Å². The van der Waals surface area contributed by atoms with Crippen molar-refractivity contribution in [3.63, 3.8) is 0 Å². The van der Waals surface area contributed by atoms with Gasteiger partial charge in [0.25, 0.3) is 0 Å². The van der Waals surface area contributed by atoms with E-state index < -0.39 is 0 Å². The lowest BCUT2D eigenvalue weighted by Crippen LogP contribution is -2.41. The van der Waals surface area contributed by atoms with Gasteiger partial charge in [-0.15, -0.1) is 0 Å². The van der Waals surface area contributed by atoms with E-state index >= 15 is 0 Å². The van der Waals surface area contributed by atoms with E-state index in [9.17, 15) is 5.11 Å². The minimum absolute atomic E-state index is 0.276. The van der Waals surface area contributed by atoms with Gasteiger partial charge >= 0.3 is 0 Å². The second kappa shape index (κ2) is 8.32. The minimum Gasteiger partial charge on any atom is -0.389 e. The molecule has 4 heteroatoms. The van der Waals surface area contributed by atoms with Gasteiger partial charge < -0.3 is 19.5 Å². The molecule has 2 rings (SSSR count). The molecule has 2 aliphatic rings. The first-order valence-corrected chi connectivity index (χ1v) is 8.22. The van der Waals surface area contributed by atoms with E-state index in [1.165, 1.54) is 25.7 Å². The molecule has 0 aromatic carbocycles. The number of nitrogens with zero attached hydrogens (tertiary/aromatic N) is 1. The average Bonchev–Trinajstić information content (AvgIpc) is 2.46. The minimum atomic E-state index is -0.375. The van der Waals surface area contributed by atoms with Crippen LogP contribution in [0, 0.1) is 5.92 Å². The lowest BCUT2D eigenvalue weighted by molar-refractivity contribution is -0.0655. The number of aliphatic hydroxyl groups is 1. The van der Waals surface area contributed by atoms with Crippen molar-refractivity contribution in [3.8, 4) is 0 Å². The predicted octanol–water partition coefficient (Wildman–Crippen LogP) is 2.05. The van der Waals surface area contributed by atoms with Gasteiger partial charge in [0.05, 0.1) is 18.8 Å². The largest absolute Gasteiger partial charge is 0.389 e. The molecule has 0 aromatic rings. The van der Waals surface area contributed by atoms with Gasteiger partial charge in [0.15, 0.2) is 0 Å². The highest BCUT2D eigenvalue weighted by Crippen LogP contribution is 2.26. The predicted molar refractivity (Wildman–Crippen MR) is 79.8 cm³/mol. The lowest BCUT2D eigenvalue weighted by atomic mass is 9.86. The summed E-state index contributed by atoms with van der Waals surface area (Å²) < 4.78 is 11.1. The van der Waals surface area contributed by atoms with E-state index in [0.29, 0.717) is 12.6 Å². The van der Waals surface area contributed by atoms with E-state index in [4.69, 9.17) is 9.47 Å². The van der Waals surface area contributed by atoms with Crippen molar-refractivity contribution < 1.29 is 14.6 Å². The normalized spacial score (nSPS) is 30.6. The SMILES string of the molecule is CC1CCCC(N(C)CC(O)COC2CCOCC2)C1. The summed E-state index contributed by atoms with van der Waals surface area (Å²) in [4.78, 5) is 2.33. The van der Waals surface area contributed by atoms with E-state index in [0.717, 1.165) is 38.5 Å². The number of ether oxygens (including phenoxy) is 2. The molecule has 1 N–H and O–H groups in total. The van der Waals surface area contributed by atoms with Crippen LogP contribution < -0.4 is 0 Å². The maximum atomic E-state index is 10.1. The zero-order valence-corrected chi connectivity index (χ0v) is 13.1. The highest BCUT2D eigenvalue weighted by Gasteiger charge is 2.24. The second-order valence-corrected chi connectivity index (χ2v) is 6.66. The number of likely N-dealkylation sites (N-methyl/N-ethyl adjacent to an activating group) is 1. The first kappa shape index (κ1) is 16.2. The van der Waals surface area contributed by atoms with Crippen molar-refractivity contribution in [2.45, 2.75) is 63.7 Å². The third-order valence-corrected chi connectivity index (χ3v) is 4.72. The lowest BCUT2D eigenvalue weighted by Gasteiger charge is -2.35. The smallest absolute Gasteiger partial charge is 0.0900 e. The van der Waals surface area contributed by atoms with Gasteiger partial charge in [-0.2, -0.15) is 0 Å². The van der Waals surface area contributed by atoms with Gasteiger partial charge in [-0.05, 0) is 38.6 Å². The fourth-order valence-electron chi connectivity index (χ4n) is 3.43. The number of hydrogen-bond donors (Lipinski definition) is 1. The third kappa shape index (κ3) is 5.32. The molecule has 3 atom stereocenters. The van der Waals surface area contributed by atoms with Crippen LogP contribution in [0.3, 0.4) is 0 Å². The zero-order chi connectivity index (χ0) is 14.4. The quantitative estimate of drug-likeness (QED) is 0.811. The van der Waals surface area contributed by atoms with Crippen molar-refractivity contribution in [2.75, 3.05) is 33.4 Å². The second-order valence-electron chi connectivity index (χ2n) is 6.66. The number of hydrogen-bond acceptors (Lipinski definition) is 4. The summed E-state index contributed by atoms with van der Waals surface area (Å²) in [7, 11) is 2.14. The van der Waals surface area contributed by atoms with E-state index in [2.05, 4.69) is 18.9 Å². The Bertz CT molecular complexity index is 268. The van der Waals surface area contributed by atoms with Gasteiger partial charge in [0.2, 0.25) is 0 Å². The van der Waals surface area contributed by atoms with Gasteiger partial charge in [0.1, 0.15) is 0 Å². The number of aliphatic hydroxyl groups excluding tert-OH is 1. The topological polar surface area (TPSA) is 41.9 Å². The summed E-state index contributed by atoms with van der Waals surface area (Å²) >= 11 is 0. The molecule has 1 saturated heterocycles. The molecule has 20 heavy (non-hydrogen) atoms. The molecule has 1 saturated carbocycles. The van der Waals surface area contributed by atoms with Crippen LogP contribution in [0.2, 0.25) is 0 Å². The van der Waals surface area contributed by atoms with Crippen molar-refractivity contribution in [1.82, 2.24) is 4.90 Å². The Morgan fingerprint density at radius 3 is 2.70 bits per heavy atom. The van der Waals surface area contributed by atoms with Gasteiger partial charge in [-0.1, -0.05) is 19.8 Å². The first-order valence-electron chi connectivity index (χ1n) is 8.22. The fourth-order valence-corrected chi connectivity index (χ4v) is 3.43. The molecule has 0 aromatic heterocycles. The van der Waals surface area contributed by atoms with E-state index in [-0.39, 0.29) is 12.2 Å². The van der Waals surface area contributed by atoms with Crippen molar-refractivity contribution in [1.29, 1.82) is 0 Å². The molecular weight excluding hydrogens is 254 g/mol. The van der Waals surface area contributed by atoms with Crippen LogP contribution in [0.1, 0.15) is 45.4 Å². The van der Waals surface area contributed by atoms with Crippen LogP contribution in [-0.2, 0) is 9.47 Å². The van der Waals surface area contributed by atoms with Crippen LogP contribution in [0.15, 0.2) is 0 Å². The first-order chi connectivity index (χ1) is 9.65. The molecule has 4 nitrogen and oxygen atoms in total. The molecule has 0 spiro atoms. The Hall–Kier alpha value is -0.160. The molecular formula is C16H31NO3.